The van der Waals surface area contributed by atoms with Gasteiger partial charge in [0.1, 0.15) is 5.82 Å². The number of likely N-dealkylation sites (N-methyl/N-ethyl adjacent to an activating group) is 1. The Balaban J connectivity index is 2.20. The Bertz CT molecular complexity index is 604. The molecule has 2 aromatic rings. The summed E-state index contributed by atoms with van der Waals surface area (Å²) in [5, 5.41) is 0.704. The maximum absolute atomic E-state index is 14.0. The van der Waals surface area contributed by atoms with Gasteiger partial charge in [-0.05, 0) is 42.9 Å². The second-order valence-corrected chi connectivity index (χ2v) is 6.31. The average molecular weight is 372 g/mol. The summed E-state index contributed by atoms with van der Waals surface area (Å²) in [6.07, 6.45) is 0. The van der Waals surface area contributed by atoms with Crippen LogP contribution in [0.25, 0.3) is 0 Å². The summed E-state index contributed by atoms with van der Waals surface area (Å²) in [7, 11) is 1.94. The van der Waals surface area contributed by atoms with E-state index in [9.17, 15) is 4.39 Å². The van der Waals surface area contributed by atoms with Crippen LogP contribution >= 0.6 is 27.5 Å². The van der Waals surface area contributed by atoms with Gasteiger partial charge in [0, 0.05) is 34.2 Å². The lowest BCUT2D eigenvalue weighted by molar-refractivity contribution is 0.236. The molecule has 2 rings (SSSR count). The van der Waals surface area contributed by atoms with Crippen LogP contribution in [0.3, 0.4) is 0 Å². The maximum atomic E-state index is 14.0. The van der Waals surface area contributed by atoms with Gasteiger partial charge in [0.2, 0.25) is 0 Å². The Morgan fingerprint density at radius 1 is 1.24 bits per heavy atom. The zero-order chi connectivity index (χ0) is 15.4. The Kier molecular flexibility index (Phi) is 5.76. The predicted molar refractivity (Wildman–Crippen MR) is 88.8 cm³/mol. The quantitative estimate of drug-likeness (QED) is 0.845. The molecule has 0 amide bonds. The molecule has 0 fully saturated rings. The first-order chi connectivity index (χ1) is 10.0. The van der Waals surface area contributed by atoms with E-state index >= 15 is 0 Å². The van der Waals surface area contributed by atoms with Gasteiger partial charge < -0.3 is 5.73 Å². The maximum Gasteiger partial charge on any atom is 0.128 e. The first kappa shape index (κ1) is 16.4. The molecule has 2 N–H and O–H groups in total. The van der Waals surface area contributed by atoms with Crippen LogP contribution in [0.4, 0.5) is 4.39 Å². The van der Waals surface area contributed by atoms with Crippen LogP contribution in [0.2, 0.25) is 5.02 Å². The van der Waals surface area contributed by atoms with Gasteiger partial charge in [0.05, 0.1) is 0 Å². The number of nitrogens with two attached hydrogens (primary N) is 1. The minimum Gasteiger partial charge on any atom is -0.329 e. The summed E-state index contributed by atoms with van der Waals surface area (Å²) < 4.78 is 14.9. The van der Waals surface area contributed by atoms with Crippen molar-refractivity contribution in [3.05, 3.63) is 68.9 Å². The van der Waals surface area contributed by atoms with E-state index in [1.165, 1.54) is 6.07 Å². The third kappa shape index (κ3) is 4.27. The van der Waals surface area contributed by atoms with E-state index in [4.69, 9.17) is 17.3 Å². The summed E-state index contributed by atoms with van der Waals surface area (Å²) in [6.45, 7) is 1.02. The third-order valence-corrected chi connectivity index (χ3v) is 4.16. The smallest absolute Gasteiger partial charge is 0.128 e. The molecule has 0 heterocycles. The molecule has 0 aliphatic heterocycles. The Morgan fingerprint density at radius 3 is 2.52 bits per heavy atom. The van der Waals surface area contributed by atoms with Crippen LogP contribution in [-0.2, 0) is 6.54 Å². The largest absolute Gasteiger partial charge is 0.329 e. The summed E-state index contributed by atoms with van der Waals surface area (Å²) in [5.74, 6) is -0.239. The highest BCUT2D eigenvalue weighted by atomic mass is 79.9. The van der Waals surface area contributed by atoms with Crippen molar-refractivity contribution >= 4 is 27.5 Å². The molecule has 0 aliphatic carbocycles. The molecule has 0 spiro atoms. The van der Waals surface area contributed by atoms with Crippen LogP contribution < -0.4 is 5.73 Å². The monoisotopic (exact) mass is 370 g/mol. The molecule has 21 heavy (non-hydrogen) atoms. The zero-order valence-corrected chi connectivity index (χ0v) is 14.0. The van der Waals surface area contributed by atoms with E-state index in [2.05, 4.69) is 15.9 Å². The molecule has 1 unspecified atom stereocenters. The van der Waals surface area contributed by atoms with Crippen molar-refractivity contribution < 1.29 is 4.39 Å². The van der Waals surface area contributed by atoms with E-state index in [-0.39, 0.29) is 11.9 Å². The lowest BCUT2D eigenvalue weighted by Gasteiger charge is -2.28. The molecule has 5 heteroatoms. The number of nitrogens with zero attached hydrogens (tertiary/aromatic N) is 1. The second-order valence-electron chi connectivity index (χ2n) is 4.96. The SMILES string of the molecule is CN(Cc1ccc(Cl)cc1)C(CN)c1cc(Br)ccc1F. The summed E-state index contributed by atoms with van der Waals surface area (Å²) >= 11 is 9.26. The minimum atomic E-state index is -0.239. The second kappa shape index (κ2) is 7.36. The van der Waals surface area contributed by atoms with Gasteiger partial charge in [-0.3, -0.25) is 4.90 Å². The zero-order valence-electron chi connectivity index (χ0n) is 11.7. The van der Waals surface area contributed by atoms with Crippen molar-refractivity contribution in [3.63, 3.8) is 0 Å². The van der Waals surface area contributed by atoms with Gasteiger partial charge in [0.25, 0.3) is 0 Å². The predicted octanol–water partition coefficient (Wildman–Crippen LogP) is 4.37. The number of hydrogen-bond acceptors (Lipinski definition) is 2. The highest BCUT2D eigenvalue weighted by molar-refractivity contribution is 9.10. The molecular formula is C16H17BrClFN2. The summed E-state index contributed by atoms with van der Waals surface area (Å²) in [5.41, 5.74) is 7.57. The summed E-state index contributed by atoms with van der Waals surface area (Å²) in [6, 6.07) is 12.4. The van der Waals surface area contributed by atoms with Crippen LogP contribution in [0.5, 0.6) is 0 Å². The highest BCUT2D eigenvalue weighted by Crippen LogP contribution is 2.26. The summed E-state index contributed by atoms with van der Waals surface area (Å²) in [4.78, 5) is 2.04. The van der Waals surface area contributed by atoms with Gasteiger partial charge in [0.15, 0.2) is 0 Å². The normalized spacial score (nSPS) is 12.7. The number of rotatable bonds is 5. The van der Waals surface area contributed by atoms with Crippen molar-refractivity contribution in [1.82, 2.24) is 4.90 Å². The van der Waals surface area contributed by atoms with Gasteiger partial charge in [-0.2, -0.15) is 0 Å². The van der Waals surface area contributed by atoms with Gasteiger partial charge in [-0.15, -0.1) is 0 Å². The molecule has 0 bridgehead atoms. The van der Waals surface area contributed by atoms with Crippen LogP contribution in [0.1, 0.15) is 17.2 Å². The van der Waals surface area contributed by atoms with E-state index < -0.39 is 0 Å². The molecular weight excluding hydrogens is 355 g/mol. The third-order valence-electron chi connectivity index (χ3n) is 3.42. The van der Waals surface area contributed by atoms with E-state index in [1.54, 1.807) is 12.1 Å². The Hall–Kier alpha value is -0.940. The first-order valence-corrected chi connectivity index (χ1v) is 7.78. The van der Waals surface area contributed by atoms with Crippen molar-refractivity contribution in [2.45, 2.75) is 12.6 Å². The van der Waals surface area contributed by atoms with E-state index in [0.717, 1.165) is 10.0 Å². The lowest BCUT2D eigenvalue weighted by atomic mass is 10.0. The molecule has 1 atom stereocenters. The Labute approximate surface area is 137 Å². The first-order valence-electron chi connectivity index (χ1n) is 6.61. The molecule has 0 saturated carbocycles. The van der Waals surface area contributed by atoms with Crippen molar-refractivity contribution in [1.29, 1.82) is 0 Å². The van der Waals surface area contributed by atoms with Crippen LogP contribution in [-0.4, -0.2) is 18.5 Å². The minimum absolute atomic E-state index is 0.182. The molecule has 0 aliphatic rings. The number of benzene rings is 2. The van der Waals surface area contributed by atoms with Crippen LogP contribution in [0.15, 0.2) is 46.9 Å². The van der Waals surface area contributed by atoms with Crippen molar-refractivity contribution in [2.24, 2.45) is 5.73 Å². The molecule has 0 saturated heterocycles. The lowest BCUT2D eigenvalue weighted by Crippen LogP contribution is -2.30. The standard InChI is InChI=1S/C16H17BrClFN2/c1-21(10-11-2-5-13(18)6-3-11)16(9-20)14-8-12(17)4-7-15(14)19/h2-8,16H,9-10,20H2,1H3. The van der Waals surface area contributed by atoms with Crippen molar-refractivity contribution in [3.8, 4) is 0 Å². The highest BCUT2D eigenvalue weighted by Gasteiger charge is 2.19. The van der Waals surface area contributed by atoms with Gasteiger partial charge in [-0.1, -0.05) is 39.7 Å². The average Bonchev–Trinajstić information content (AvgIpc) is 2.46. The molecule has 0 aromatic heterocycles. The fourth-order valence-corrected chi connectivity index (χ4v) is 2.81. The number of hydrogen-bond donors (Lipinski definition) is 1. The number of halogens is 3. The van der Waals surface area contributed by atoms with Crippen molar-refractivity contribution in [2.75, 3.05) is 13.6 Å². The van der Waals surface area contributed by atoms with E-state index in [0.29, 0.717) is 23.7 Å². The topological polar surface area (TPSA) is 29.3 Å². The van der Waals surface area contributed by atoms with Gasteiger partial charge in [-0.25, -0.2) is 4.39 Å². The fraction of sp³-hybridized carbons (Fsp3) is 0.250. The molecule has 2 nitrogen and oxygen atoms in total. The van der Waals surface area contributed by atoms with Gasteiger partial charge >= 0.3 is 0 Å². The molecule has 2 aromatic carbocycles. The Morgan fingerprint density at radius 2 is 1.90 bits per heavy atom. The molecule has 0 radical (unpaired) electrons. The fourth-order valence-electron chi connectivity index (χ4n) is 2.30. The molecule has 112 valence electrons. The van der Waals surface area contributed by atoms with Crippen LogP contribution in [0, 0.1) is 5.82 Å². The van der Waals surface area contributed by atoms with E-state index in [1.807, 2.05) is 36.2 Å².